The zero-order valence-corrected chi connectivity index (χ0v) is 19.2. The standard InChI is InChI=1S/C25H29N3O5/c1-4-5-12-27-23(29)24(30)28(25(27)31)16-26-13-11-18-14-20(32-2)21(33-3)15-19(18)22(26)17-9-7-6-8-10-17/h6-10,14-15,22H,4-5,11-13,16H2,1-3H3/t22-/m1/s1. The number of fused-ring (bicyclic) bond motifs is 1. The highest BCUT2D eigenvalue weighted by molar-refractivity contribution is 6.44. The lowest BCUT2D eigenvalue weighted by Crippen LogP contribution is -2.46. The maximum Gasteiger partial charge on any atom is 0.335 e. The van der Waals surface area contributed by atoms with Crippen molar-refractivity contribution in [1.82, 2.24) is 14.7 Å². The Morgan fingerprint density at radius 3 is 2.27 bits per heavy atom. The van der Waals surface area contributed by atoms with Gasteiger partial charge < -0.3 is 9.47 Å². The van der Waals surface area contributed by atoms with Gasteiger partial charge in [0.25, 0.3) is 0 Å². The topological polar surface area (TPSA) is 79.4 Å². The van der Waals surface area contributed by atoms with E-state index in [1.54, 1.807) is 14.2 Å². The van der Waals surface area contributed by atoms with Gasteiger partial charge in [-0.2, -0.15) is 0 Å². The monoisotopic (exact) mass is 451 g/mol. The Bertz CT molecular complexity index is 1060. The molecule has 2 aromatic carbocycles. The number of amides is 4. The average molecular weight is 452 g/mol. The molecule has 0 aromatic heterocycles. The van der Waals surface area contributed by atoms with Crippen molar-refractivity contribution in [2.24, 2.45) is 0 Å². The molecule has 2 aromatic rings. The van der Waals surface area contributed by atoms with E-state index >= 15 is 0 Å². The van der Waals surface area contributed by atoms with Crippen LogP contribution in [0.4, 0.5) is 4.79 Å². The normalized spacial score (nSPS) is 18.6. The first kappa shape index (κ1) is 22.8. The summed E-state index contributed by atoms with van der Waals surface area (Å²) >= 11 is 0. The van der Waals surface area contributed by atoms with Crippen molar-refractivity contribution in [3.63, 3.8) is 0 Å². The van der Waals surface area contributed by atoms with E-state index in [1.807, 2.05) is 49.4 Å². The molecule has 0 N–H and O–H groups in total. The number of hydrogen-bond acceptors (Lipinski definition) is 6. The summed E-state index contributed by atoms with van der Waals surface area (Å²) in [7, 11) is 3.21. The van der Waals surface area contributed by atoms with Crippen molar-refractivity contribution in [1.29, 1.82) is 0 Å². The Hall–Kier alpha value is -3.39. The minimum atomic E-state index is -0.763. The van der Waals surface area contributed by atoms with Gasteiger partial charge in [-0.15, -0.1) is 0 Å². The third-order valence-electron chi connectivity index (χ3n) is 6.28. The summed E-state index contributed by atoms with van der Waals surface area (Å²) in [5.41, 5.74) is 3.18. The van der Waals surface area contributed by atoms with Gasteiger partial charge in [0.15, 0.2) is 11.5 Å². The SMILES string of the molecule is CCCCN1C(=O)C(=O)N(CN2CCc3cc(OC)c(OC)cc3[C@H]2c2ccccc2)C1=O. The number of ether oxygens (including phenoxy) is 2. The quantitative estimate of drug-likeness (QED) is 0.453. The van der Waals surface area contributed by atoms with Crippen molar-refractivity contribution in [3.8, 4) is 11.5 Å². The van der Waals surface area contributed by atoms with E-state index in [-0.39, 0.29) is 19.3 Å². The van der Waals surface area contributed by atoms with Crippen molar-refractivity contribution < 1.29 is 23.9 Å². The number of nitrogens with zero attached hydrogens (tertiary/aromatic N) is 3. The molecular weight excluding hydrogens is 422 g/mol. The van der Waals surface area contributed by atoms with E-state index in [0.717, 1.165) is 32.9 Å². The van der Waals surface area contributed by atoms with Gasteiger partial charge in [0.05, 0.1) is 26.9 Å². The molecule has 8 nitrogen and oxygen atoms in total. The number of imide groups is 2. The summed E-state index contributed by atoms with van der Waals surface area (Å²) in [4.78, 5) is 42.3. The predicted octanol–water partition coefficient (Wildman–Crippen LogP) is 3.20. The second kappa shape index (κ2) is 9.62. The van der Waals surface area contributed by atoms with Crippen LogP contribution in [-0.4, -0.2) is 66.5 Å². The average Bonchev–Trinajstić information content (AvgIpc) is 3.04. The molecule has 1 saturated heterocycles. The van der Waals surface area contributed by atoms with Crippen LogP contribution in [0.2, 0.25) is 0 Å². The summed E-state index contributed by atoms with van der Waals surface area (Å²) < 4.78 is 11.0. The molecule has 0 spiro atoms. The first-order chi connectivity index (χ1) is 16.0. The van der Waals surface area contributed by atoms with Crippen LogP contribution in [0.25, 0.3) is 0 Å². The largest absolute Gasteiger partial charge is 0.493 e. The highest BCUT2D eigenvalue weighted by Crippen LogP contribution is 2.41. The number of benzene rings is 2. The van der Waals surface area contributed by atoms with Crippen LogP contribution in [-0.2, 0) is 16.0 Å². The number of carbonyl (C=O) groups excluding carboxylic acids is 3. The Morgan fingerprint density at radius 1 is 0.939 bits per heavy atom. The fourth-order valence-corrected chi connectivity index (χ4v) is 4.55. The fourth-order valence-electron chi connectivity index (χ4n) is 4.55. The third kappa shape index (κ3) is 4.18. The lowest BCUT2D eigenvalue weighted by molar-refractivity contribution is -0.144. The molecule has 0 unspecified atom stereocenters. The Kier molecular flexibility index (Phi) is 6.65. The molecule has 0 radical (unpaired) electrons. The summed E-state index contributed by atoms with van der Waals surface area (Å²) in [5, 5.41) is 0. The summed E-state index contributed by atoms with van der Waals surface area (Å²) in [6.45, 7) is 2.89. The van der Waals surface area contributed by atoms with Crippen molar-refractivity contribution >= 4 is 17.8 Å². The van der Waals surface area contributed by atoms with Crippen LogP contribution in [0.5, 0.6) is 11.5 Å². The predicted molar refractivity (Wildman–Crippen MR) is 122 cm³/mol. The first-order valence-corrected chi connectivity index (χ1v) is 11.2. The maximum atomic E-state index is 12.9. The highest BCUT2D eigenvalue weighted by atomic mass is 16.5. The van der Waals surface area contributed by atoms with Gasteiger partial charge in [0.2, 0.25) is 0 Å². The lowest BCUT2D eigenvalue weighted by atomic mass is 9.88. The van der Waals surface area contributed by atoms with Gasteiger partial charge in [-0.1, -0.05) is 43.7 Å². The molecular formula is C25H29N3O5. The second-order valence-electron chi connectivity index (χ2n) is 8.25. The molecule has 2 heterocycles. The van der Waals surface area contributed by atoms with E-state index < -0.39 is 17.8 Å². The maximum absolute atomic E-state index is 12.9. The van der Waals surface area contributed by atoms with E-state index in [2.05, 4.69) is 4.90 Å². The molecule has 1 fully saturated rings. The number of urea groups is 1. The highest BCUT2D eigenvalue weighted by Gasteiger charge is 2.45. The van der Waals surface area contributed by atoms with Crippen LogP contribution in [0, 0.1) is 0 Å². The van der Waals surface area contributed by atoms with E-state index in [0.29, 0.717) is 30.9 Å². The molecule has 1 atom stereocenters. The second-order valence-corrected chi connectivity index (χ2v) is 8.25. The number of rotatable bonds is 8. The summed E-state index contributed by atoms with van der Waals surface area (Å²) in [5.74, 6) is -0.221. The fraction of sp³-hybridized carbons (Fsp3) is 0.400. The van der Waals surface area contributed by atoms with Gasteiger partial charge in [0.1, 0.15) is 0 Å². The third-order valence-corrected chi connectivity index (χ3v) is 6.28. The number of methoxy groups -OCH3 is 2. The molecule has 0 aliphatic carbocycles. The van der Waals surface area contributed by atoms with Crippen LogP contribution >= 0.6 is 0 Å². The van der Waals surface area contributed by atoms with Crippen molar-refractivity contribution in [2.75, 3.05) is 34.0 Å². The summed E-state index contributed by atoms with van der Waals surface area (Å²) in [6.07, 6.45) is 2.21. The van der Waals surface area contributed by atoms with E-state index in [9.17, 15) is 14.4 Å². The van der Waals surface area contributed by atoms with Crippen LogP contribution in [0.3, 0.4) is 0 Å². The van der Waals surface area contributed by atoms with E-state index in [1.165, 1.54) is 0 Å². The van der Waals surface area contributed by atoms with Crippen molar-refractivity contribution in [3.05, 3.63) is 59.2 Å². The minimum Gasteiger partial charge on any atom is -0.493 e. The zero-order valence-electron chi connectivity index (χ0n) is 19.2. The molecule has 2 aliphatic rings. The molecule has 2 aliphatic heterocycles. The van der Waals surface area contributed by atoms with Gasteiger partial charge in [0, 0.05) is 13.1 Å². The Morgan fingerprint density at radius 2 is 1.61 bits per heavy atom. The molecule has 8 heteroatoms. The Balaban J connectivity index is 1.69. The first-order valence-electron chi connectivity index (χ1n) is 11.2. The molecule has 0 bridgehead atoms. The van der Waals surface area contributed by atoms with E-state index in [4.69, 9.17) is 9.47 Å². The summed E-state index contributed by atoms with van der Waals surface area (Å²) in [6, 6.07) is 13.1. The van der Waals surface area contributed by atoms with Crippen LogP contribution in [0.15, 0.2) is 42.5 Å². The van der Waals surface area contributed by atoms with Crippen LogP contribution < -0.4 is 9.47 Å². The smallest absolute Gasteiger partial charge is 0.335 e. The lowest BCUT2D eigenvalue weighted by Gasteiger charge is -2.39. The zero-order chi connectivity index (χ0) is 23.5. The molecule has 4 rings (SSSR count). The minimum absolute atomic E-state index is 0.0410. The number of unbranched alkanes of at least 4 members (excludes halogenated alkanes) is 1. The molecule has 174 valence electrons. The van der Waals surface area contributed by atoms with Crippen molar-refractivity contribution in [2.45, 2.75) is 32.2 Å². The van der Waals surface area contributed by atoms with Crippen LogP contribution in [0.1, 0.15) is 42.5 Å². The molecule has 4 amide bonds. The Labute approximate surface area is 193 Å². The van der Waals surface area contributed by atoms with Gasteiger partial charge >= 0.3 is 17.8 Å². The molecule has 0 saturated carbocycles. The van der Waals surface area contributed by atoms with Gasteiger partial charge in [-0.3, -0.25) is 19.4 Å². The molecule has 33 heavy (non-hydrogen) atoms. The number of hydrogen-bond donors (Lipinski definition) is 0. The number of carbonyl (C=O) groups is 3. The van der Waals surface area contributed by atoms with Gasteiger partial charge in [-0.05, 0) is 41.7 Å². The van der Waals surface area contributed by atoms with Gasteiger partial charge in [-0.25, -0.2) is 9.69 Å².